The fourth-order valence-corrected chi connectivity index (χ4v) is 0.815. The molecule has 0 amide bonds. The predicted octanol–water partition coefficient (Wildman–Crippen LogP) is 1.34. The molecule has 0 heterocycles. The zero-order valence-corrected chi connectivity index (χ0v) is 6.90. The summed E-state index contributed by atoms with van der Waals surface area (Å²) in [7, 11) is 2.88. The van der Waals surface area contributed by atoms with Gasteiger partial charge in [-0.25, -0.2) is 0 Å². The molecule has 4 nitrogen and oxygen atoms in total. The normalized spacial score (nSPS) is 9.50. The van der Waals surface area contributed by atoms with Gasteiger partial charge in [-0.15, -0.1) is 0 Å². The van der Waals surface area contributed by atoms with Crippen LogP contribution in [0.3, 0.4) is 0 Å². The van der Waals surface area contributed by atoms with E-state index < -0.39 is 0 Å². The van der Waals surface area contributed by atoms with Crippen molar-refractivity contribution in [2.45, 2.75) is 0 Å². The van der Waals surface area contributed by atoms with Crippen LogP contribution >= 0.6 is 0 Å². The molecule has 1 N–H and O–H groups in total. The van der Waals surface area contributed by atoms with Crippen LogP contribution in [-0.2, 0) is 4.89 Å². The minimum absolute atomic E-state index is 0.121. The van der Waals surface area contributed by atoms with Crippen molar-refractivity contribution in [3.8, 4) is 17.2 Å². The Labute approximate surface area is 70.2 Å². The molecule has 0 fully saturated rings. The van der Waals surface area contributed by atoms with Crippen LogP contribution in [0.2, 0.25) is 0 Å². The summed E-state index contributed by atoms with van der Waals surface area (Å²) in [5, 5.41) is 9.06. The van der Waals surface area contributed by atoms with Crippen molar-refractivity contribution < 1.29 is 19.6 Å². The van der Waals surface area contributed by atoms with Gasteiger partial charge in [-0.3, -0.25) is 0 Å². The second kappa shape index (κ2) is 3.82. The zero-order valence-electron chi connectivity index (χ0n) is 6.90. The fourth-order valence-electron chi connectivity index (χ4n) is 0.815. The molecule has 66 valence electrons. The molecule has 0 aliphatic carbocycles. The summed E-state index contributed by atoms with van der Waals surface area (Å²) >= 11 is 0. The minimum atomic E-state index is 0.121. The Kier molecular flexibility index (Phi) is 2.76. The van der Waals surface area contributed by atoms with E-state index in [9.17, 15) is 0 Å². The van der Waals surface area contributed by atoms with Crippen LogP contribution < -0.4 is 9.62 Å². The van der Waals surface area contributed by atoms with E-state index in [1.54, 1.807) is 6.07 Å². The van der Waals surface area contributed by atoms with Crippen LogP contribution in [0.4, 0.5) is 0 Å². The lowest BCUT2D eigenvalue weighted by atomic mass is 10.3. The first kappa shape index (κ1) is 8.67. The molecule has 0 aliphatic rings. The van der Waals surface area contributed by atoms with E-state index in [0.717, 1.165) is 0 Å². The van der Waals surface area contributed by atoms with Crippen LogP contribution in [0.5, 0.6) is 17.2 Å². The quantitative estimate of drug-likeness (QED) is 0.549. The molecule has 12 heavy (non-hydrogen) atoms. The van der Waals surface area contributed by atoms with E-state index >= 15 is 0 Å². The van der Waals surface area contributed by atoms with Gasteiger partial charge in [-0.1, -0.05) is 0 Å². The van der Waals surface area contributed by atoms with Gasteiger partial charge in [0.15, 0.2) is 5.75 Å². The Bertz CT molecular complexity index is 259. The van der Waals surface area contributed by atoms with E-state index in [4.69, 9.17) is 14.7 Å². The summed E-state index contributed by atoms with van der Waals surface area (Å²) in [4.78, 5) is 9.20. The number of phenols is 1. The maximum atomic E-state index is 9.06. The SMILES string of the molecule is COOc1ccc(O)cc1OC. The van der Waals surface area contributed by atoms with Crippen molar-refractivity contribution in [3.63, 3.8) is 0 Å². The number of methoxy groups -OCH3 is 1. The van der Waals surface area contributed by atoms with Crippen LogP contribution in [0.1, 0.15) is 0 Å². The summed E-state index contributed by atoms with van der Waals surface area (Å²) in [6, 6.07) is 4.48. The molecule has 0 spiro atoms. The Morgan fingerprint density at radius 1 is 1.17 bits per heavy atom. The number of phenolic OH excluding ortho intramolecular Hbond substituents is 1. The third kappa shape index (κ3) is 1.79. The van der Waals surface area contributed by atoms with Gasteiger partial charge in [0.05, 0.1) is 14.2 Å². The summed E-state index contributed by atoms with van der Waals surface area (Å²) in [5.74, 6) is 0.977. The monoisotopic (exact) mass is 170 g/mol. The average Bonchev–Trinajstić information content (AvgIpc) is 2.08. The minimum Gasteiger partial charge on any atom is -0.508 e. The van der Waals surface area contributed by atoms with Gasteiger partial charge in [0, 0.05) is 6.07 Å². The van der Waals surface area contributed by atoms with Gasteiger partial charge < -0.3 is 14.7 Å². The van der Waals surface area contributed by atoms with E-state index in [-0.39, 0.29) is 5.75 Å². The topological polar surface area (TPSA) is 47.9 Å². The molecular formula is C8H10O4. The first-order valence-electron chi connectivity index (χ1n) is 3.35. The number of hydrogen-bond donors (Lipinski definition) is 1. The van der Waals surface area contributed by atoms with Gasteiger partial charge in [0.1, 0.15) is 5.75 Å². The van der Waals surface area contributed by atoms with Gasteiger partial charge in [0.25, 0.3) is 0 Å². The Balaban J connectivity index is 2.94. The van der Waals surface area contributed by atoms with Crippen LogP contribution in [0.15, 0.2) is 18.2 Å². The van der Waals surface area contributed by atoms with E-state index in [1.807, 2.05) is 0 Å². The highest BCUT2D eigenvalue weighted by atomic mass is 17.2. The molecule has 0 saturated heterocycles. The van der Waals surface area contributed by atoms with Crippen molar-refractivity contribution in [1.82, 2.24) is 0 Å². The van der Waals surface area contributed by atoms with Crippen molar-refractivity contribution >= 4 is 0 Å². The third-order valence-electron chi connectivity index (χ3n) is 1.32. The predicted molar refractivity (Wildman–Crippen MR) is 42.3 cm³/mol. The molecule has 0 radical (unpaired) electrons. The molecule has 0 aromatic heterocycles. The second-order valence-electron chi connectivity index (χ2n) is 2.09. The molecule has 1 aromatic carbocycles. The lowest BCUT2D eigenvalue weighted by Gasteiger charge is -2.06. The molecule has 0 bridgehead atoms. The van der Waals surface area contributed by atoms with Gasteiger partial charge in [-0.2, -0.15) is 4.89 Å². The Morgan fingerprint density at radius 3 is 2.50 bits per heavy atom. The van der Waals surface area contributed by atoms with E-state index in [2.05, 4.69) is 4.89 Å². The van der Waals surface area contributed by atoms with Crippen LogP contribution in [-0.4, -0.2) is 19.3 Å². The van der Waals surface area contributed by atoms with Crippen LogP contribution in [0.25, 0.3) is 0 Å². The molecule has 1 aromatic rings. The first-order valence-corrected chi connectivity index (χ1v) is 3.35. The van der Waals surface area contributed by atoms with Crippen molar-refractivity contribution in [2.75, 3.05) is 14.2 Å². The number of rotatable bonds is 3. The Hall–Kier alpha value is -1.42. The van der Waals surface area contributed by atoms with E-state index in [0.29, 0.717) is 11.5 Å². The lowest BCUT2D eigenvalue weighted by molar-refractivity contribution is -0.179. The number of benzene rings is 1. The fraction of sp³-hybridized carbons (Fsp3) is 0.250. The molecule has 1 rings (SSSR count). The lowest BCUT2D eigenvalue weighted by Crippen LogP contribution is -1.93. The van der Waals surface area contributed by atoms with Crippen molar-refractivity contribution in [1.29, 1.82) is 0 Å². The number of ether oxygens (including phenoxy) is 1. The largest absolute Gasteiger partial charge is 0.508 e. The average molecular weight is 170 g/mol. The van der Waals surface area contributed by atoms with Crippen molar-refractivity contribution in [3.05, 3.63) is 18.2 Å². The molecule has 0 atom stereocenters. The molecule has 0 unspecified atom stereocenters. The molecule has 4 heteroatoms. The van der Waals surface area contributed by atoms with Gasteiger partial charge in [-0.05, 0) is 12.1 Å². The van der Waals surface area contributed by atoms with Gasteiger partial charge in [0.2, 0.25) is 5.75 Å². The van der Waals surface area contributed by atoms with E-state index in [1.165, 1.54) is 26.4 Å². The zero-order chi connectivity index (χ0) is 8.97. The summed E-state index contributed by atoms with van der Waals surface area (Å²) in [5.41, 5.74) is 0. The first-order chi connectivity index (χ1) is 5.77. The smallest absolute Gasteiger partial charge is 0.207 e. The highest BCUT2D eigenvalue weighted by molar-refractivity contribution is 5.44. The third-order valence-corrected chi connectivity index (χ3v) is 1.32. The number of hydrogen-bond acceptors (Lipinski definition) is 4. The molecule has 0 aliphatic heterocycles. The maximum Gasteiger partial charge on any atom is 0.207 e. The standard InChI is InChI=1S/C8H10O4/c1-10-8-5-6(9)3-4-7(8)12-11-2/h3-5,9H,1-2H3. The molecular weight excluding hydrogens is 160 g/mol. The Morgan fingerprint density at radius 2 is 1.92 bits per heavy atom. The summed E-state index contributed by atoms with van der Waals surface area (Å²) < 4.78 is 4.91. The van der Waals surface area contributed by atoms with Crippen molar-refractivity contribution in [2.24, 2.45) is 0 Å². The van der Waals surface area contributed by atoms with Crippen LogP contribution in [0, 0.1) is 0 Å². The summed E-state index contributed by atoms with van der Waals surface area (Å²) in [6.07, 6.45) is 0. The van der Waals surface area contributed by atoms with Gasteiger partial charge >= 0.3 is 0 Å². The highest BCUT2D eigenvalue weighted by Gasteiger charge is 2.04. The maximum absolute atomic E-state index is 9.06. The molecule has 0 saturated carbocycles. The second-order valence-corrected chi connectivity index (χ2v) is 2.09. The number of aromatic hydroxyl groups is 1. The highest BCUT2D eigenvalue weighted by Crippen LogP contribution is 2.30. The summed E-state index contributed by atoms with van der Waals surface area (Å²) in [6.45, 7) is 0.